The summed E-state index contributed by atoms with van der Waals surface area (Å²) in [6.45, 7) is 0. The average molecular weight is 302 g/mol. The molecule has 2 aromatic rings. The van der Waals surface area contributed by atoms with Gasteiger partial charge in [0, 0.05) is 9.92 Å². The Morgan fingerprint density at radius 1 is 1.28 bits per heavy atom. The van der Waals surface area contributed by atoms with Gasteiger partial charge >= 0.3 is 0 Å². The summed E-state index contributed by atoms with van der Waals surface area (Å²) in [5, 5.41) is 1.78. The van der Waals surface area contributed by atoms with Gasteiger partial charge in [-0.3, -0.25) is 0 Å². The number of rotatable bonds is 3. The largest absolute Gasteiger partial charge is 0.490 e. The van der Waals surface area contributed by atoms with Gasteiger partial charge in [0.05, 0.1) is 12.1 Å². The SMILES string of the molecule is COc1c(N)ncnc1Sc1cc(Cl)ccc1Cl. The van der Waals surface area contributed by atoms with Crippen molar-refractivity contribution in [2.75, 3.05) is 12.8 Å². The van der Waals surface area contributed by atoms with E-state index in [1.165, 1.54) is 25.2 Å². The van der Waals surface area contributed by atoms with Crippen LogP contribution in [0.1, 0.15) is 0 Å². The average Bonchev–Trinajstić information content (AvgIpc) is 2.34. The van der Waals surface area contributed by atoms with E-state index in [1.807, 2.05) is 0 Å². The molecule has 0 bridgehead atoms. The summed E-state index contributed by atoms with van der Waals surface area (Å²) in [5.74, 6) is 0.715. The molecule has 1 heterocycles. The number of nitrogen functional groups attached to an aromatic ring is 1. The zero-order valence-corrected chi connectivity index (χ0v) is 11.7. The Morgan fingerprint density at radius 2 is 2.06 bits per heavy atom. The summed E-state index contributed by atoms with van der Waals surface area (Å²) < 4.78 is 5.17. The molecule has 4 nitrogen and oxygen atoms in total. The number of benzene rings is 1. The predicted molar refractivity (Wildman–Crippen MR) is 73.6 cm³/mol. The number of anilines is 1. The Labute approximate surface area is 118 Å². The molecule has 0 amide bonds. The van der Waals surface area contributed by atoms with E-state index in [2.05, 4.69) is 9.97 Å². The van der Waals surface area contributed by atoms with Crippen molar-refractivity contribution in [3.8, 4) is 5.75 Å². The third kappa shape index (κ3) is 2.80. The molecule has 0 saturated heterocycles. The summed E-state index contributed by atoms with van der Waals surface area (Å²) >= 11 is 13.3. The summed E-state index contributed by atoms with van der Waals surface area (Å²) in [6.07, 6.45) is 1.37. The number of hydrogen-bond acceptors (Lipinski definition) is 5. The Balaban J connectivity index is 2.40. The number of methoxy groups -OCH3 is 1. The highest BCUT2D eigenvalue weighted by molar-refractivity contribution is 7.99. The summed E-state index contributed by atoms with van der Waals surface area (Å²) in [6, 6.07) is 5.20. The highest BCUT2D eigenvalue weighted by atomic mass is 35.5. The lowest BCUT2D eigenvalue weighted by Crippen LogP contribution is -1.98. The lowest BCUT2D eigenvalue weighted by molar-refractivity contribution is 0.401. The van der Waals surface area contributed by atoms with Gasteiger partial charge < -0.3 is 10.5 Å². The van der Waals surface area contributed by atoms with Crippen LogP contribution in [0, 0.1) is 0 Å². The molecule has 0 aliphatic rings. The fourth-order valence-electron chi connectivity index (χ4n) is 1.29. The fraction of sp³-hybridized carbons (Fsp3) is 0.0909. The maximum atomic E-state index is 6.09. The minimum Gasteiger partial charge on any atom is -0.490 e. The van der Waals surface area contributed by atoms with Crippen LogP contribution in [0.3, 0.4) is 0 Å². The van der Waals surface area contributed by atoms with Crippen molar-refractivity contribution in [3.63, 3.8) is 0 Å². The standard InChI is InChI=1S/C11H9Cl2N3OS/c1-17-9-10(14)15-5-16-11(9)18-8-4-6(12)2-3-7(8)13/h2-5H,1H3,(H2,14,15,16). The van der Waals surface area contributed by atoms with E-state index >= 15 is 0 Å². The Kier molecular flexibility index (Phi) is 4.16. The molecule has 0 aliphatic heterocycles. The second-order valence-electron chi connectivity index (χ2n) is 3.27. The fourth-order valence-corrected chi connectivity index (χ4v) is 2.70. The van der Waals surface area contributed by atoms with Crippen molar-refractivity contribution in [1.29, 1.82) is 0 Å². The minimum absolute atomic E-state index is 0.285. The van der Waals surface area contributed by atoms with Crippen LogP contribution in [-0.4, -0.2) is 17.1 Å². The molecule has 94 valence electrons. The third-order valence-corrected chi connectivity index (χ3v) is 3.82. The van der Waals surface area contributed by atoms with E-state index in [4.69, 9.17) is 33.7 Å². The highest BCUT2D eigenvalue weighted by Crippen LogP contribution is 2.39. The molecule has 0 saturated carbocycles. The summed E-state index contributed by atoms with van der Waals surface area (Å²) in [7, 11) is 1.51. The van der Waals surface area contributed by atoms with Gasteiger partial charge in [-0.1, -0.05) is 35.0 Å². The van der Waals surface area contributed by atoms with Crippen LogP contribution in [-0.2, 0) is 0 Å². The van der Waals surface area contributed by atoms with Crippen LogP contribution < -0.4 is 10.5 Å². The van der Waals surface area contributed by atoms with Crippen molar-refractivity contribution in [2.45, 2.75) is 9.92 Å². The van der Waals surface area contributed by atoms with E-state index < -0.39 is 0 Å². The number of aromatic nitrogens is 2. The van der Waals surface area contributed by atoms with Gasteiger partial charge in [0.1, 0.15) is 11.4 Å². The van der Waals surface area contributed by atoms with Crippen molar-refractivity contribution < 1.29 is 4.74 Å². The Bertz CT molecular complexity index is 580. The molecule has 2 N–H and O–H groups in total. The molecule has 0 unspecified atom stereocenters. The first-order chi connectivity index (χ1) is 8.61. The number of halogens is 2. The second kappa shape index (κ2) is 5.65. The van der Waals surface area contributed by atoms with E-state index in [1.54, 1.807) is 18.2 Å². The Hall–Kier alpha value is -1.17. The zero-order chi connectivity index (χ0) is 13.1. The van der Waals surface area contributed by atoms with Gasteiger partial charge in [-0.05, 0) is 18.2 Å². The molecule has 0 atom stereocenters. The van der Waals surface area contributed by atoms with E-state index in [0.717, 1.165) is 4.90 Å². The maximum absolute atomic E-state index is 6.09. The molecule has 18 heavy (non-hydrogen) atoms. The van der Waals surface area contributed by atoms with E-state index in [0.29, 0.717) is 20.8 Å². The van der Waals surface area contributed by atoms with E-state index in [9.17, 15) is 0 Å². The zero-order valence-electron chi connectivity index (χ0n) is 9.35. The van der Waals surface area contributed by atoms with Crippen molar-refractivity contribution in [3.05, 3.63) is 34.6 Å². The summed E-state index contributed by atoms with van der Waals surface area (Å²) in [5.41, 5.74) is 5.70. The first kappa shape index (κ1) is 13.3. The molecule has 0 fully saturated rings. The predicted octanol–water partition coefficient (Wildman–Crippen LogP) is 3.53. The normalized spacial score (nSPS) is 10.4. The van der Waals surface area contributed by atoms with Crippen LogP contribution in [0.15, 0.2) is 34.4 Å². The molecule has 2 rings (SSSR count). The molecule has 0 radical (unpaired) electrons. The molecule has 0 aliphatic carbocycles. The number of nitrogens with zero attached hydrogens (tertiary/aromatic N) is 2. The van der Waals surface area contributed by atoms with Gasteiger partial charge in [-0.2, -0.15) is 0 Å². The summed E-state index contributed by atoms with van der Waals surface area (Å²) in [4.78, 5) is 8.76. The van der Waals surface area contributed by atoms with Gasteiger partial charge in [0.25, 0.3) is 0 Å². The monoisotopic (exact) mass is 301 g/mol. The van der Waals surface area contributed by atoms with Gasteiger partial charge in [0.2, 0.25) is 0 Å². The van der Waals surface area contributed by atoms with Crippen LogP contribution >= 0.6 is 35.0 Å². The van der Waals surface area contributed by atoms with Crippen LogP contribution in [0.2, 0.25) is 10.0 Å². The topological polar surface area (TPSA) is 61.0 Å². The van der Waals surface area contributed by atoms with Crippen molar-refractivity contribution >= 4 is 40.8 Å². The van der Waals surface area contributed by atoms with Crippen LogP contribution in [0.5, 0.6) is 5.75 Å². The molecule has 0 spiro atoms. The quantitative estimate of drug-likeness (QED) is 0.879. The number of ether oxygens (including phenoxy) is 1. The molecule has 1 aromatic carbocycles. The molecule has 7 heteroatoms. The van der Waals surface area contributed by atoms with Crippen LogP contribution in [0.4, 0.5) is 5.82 Å². The lowest BCUT2D eigenvalue weighted by Gasteiger charge is -2.09. The lowest BCUT2D eigenvalue weighted by atomic mass is 10.4. The van der Waals surface area contributed by atoms with Gasteiger partial charge in [-0.25, -0.2) is 9.97 Å². The van der Waals surface area contributed by atoms with Gasteiger partial charge in [-0.15, -0.1) is 0 Å². The molecular weight excluding hydrogens is 293 g/mol. The number of nitrogens with two attached hydrogens (primary N) is 1. The second-order valence-corrected chi connectivity index (χ2v) is 5.15. The highest BCUT2D eigenvalue weighted by Gasteiger charge is 2.13. The molecule has 1 aromatic heterocycles. The Morgan fingerprint density at radius 3 is 2.78 bits per heavy atom. The van der Waals surface area contributed by atoms with E-state index in [-0.39, 0.29) is 5.82 Å². The number of hydrogen-bond donors (Lipinski definition) is 1. The minimum atomic E-state index is 0.285. The molecular formula is C11H9Cl2N3OS. The first-order valence-corrected chi connectivity index (χ1v) is 6.46. The van der Waals surface area contributed by atoms with Gasteiger partial charge in [0.15, 0.2) is 11.6 Å². The van der Waals surface area contributed by atoms with Crippen molar-refractivity contribution in [1.82, 2.24) is 9.97 Å². The maximum Gasteiger partial charge on any atom is 0.193 e. The van der Waals surface area contributed by atoms with Crippen LogP contribution in [0.25, 0.3) is 0 Å². The first-order valence-electron chi connectivity index (χ1n) is 4.89. The smallest absolute Gasteiger partial charge is 0.193 e. The van der Waals surface area contributed by atoms with Crippen molar-refractivity contribution in [2.24, 2.45) is 0 Å². The third-order valence-electron chi connectivity index (χ3n) is 2.10.